The number of benzene rings is 2. The SMILES string of the molecule is O=[CH][In]1[c]2ccc(Cn3ccc(OCc4ccc(F)cc4F)c(Cl)c3=O)cc2C[CH]1C(=O)CO. The Morgan fingerprint density at radius 3 is 2.74 bits per heavy atom. The van der Waals surface area contributed by atoms with Gasteiger partial charge in [0.2, 0.25) is 0 Å². The second-order valence-electron chi connectivity index (χ2n) is 8.08. The van der Waals surface area contributed by atoms with Gasteiger partial charge in [-0.15, -0.1) is 0 Å². The molecule has 0 radical (unpaired) electrons. The molecule has 0 saturated heterocycles. The van der Waals surface area contributed by atoms with Crippen molar-refractivity contribution >= 4 is 46.2 Å². The van der Waals surface area contributed by atoms with E-state index in [1.165, 1.54) is 22.9 Å². The number of aliphatic hydroxyl groups excluding tert-OH is 1. The molecule has 1 aliphatic heterocycles. The van der Waals surface area contributed by atoms with E-state index in [0.717, 1.165) is 30.6 Å². The molecule has 0 saturated carbocycles. The molecule has 1 aliphatic rings. The minimum absolute atomic E-state index is 0.0776. The quantitative estimate of drug-likeness (QED) is 0.408. The van der Waals surface area contributed by atoms with Crippen molar-refractivity contribution in [1.82, 2.24) is 4.57 Å². The predicted molar refractivity (Wildman–Crippen MR) is 124 cm³/mol. The normalized spacial score (nSPS) is 14.7. The van der Waals surface area contributed by atoms with E-state index >= 15 is 0 Å². The fourth-order valence-electron chi connectivity index (χ4n) is 4.20. The van der Waals surface area contributed by atoms with Crippen molar-refractivity contribution in [2.75, 3.05) is 6.61 Å². The second kappa shape index (κ2) is 10.4. The van der Waals surface area contributed by atoms with Crippen LogP contribution in [0.2, 0.25) is 8.70 Å². The third kappa shape index (κ3) is 4.96. The average Bonchev–Trinajstić information content (AvgIpc) is 3.20. The van der Waals surface area contributed by atoms with E-state index in [1.54, 1.807) is 0 Å². The first kappa shape index (κ1) is 24.6. The van der Waals surface area contributed by atoms with Crippen LogP contribution in [-0.2, 0) is 29.2 Å². The number of ether oxygens (including phenoxy) is 1. The first-order chi connectivity index (χ1) is 16.3. The number of ketones is 1. The summed E-state index contributed by atoms with van der Waals surface area (Å²) in [4.78, 5) is 36.4. The standard InChI is InChI=1S/C23H18ClF2NO4.CHO.In/c24-22-21(31-14-17-5-6-18(25)11-20(17)26)8-9-27(23(22)30)12-16-3-1-2-15(10-16)4-7-19(29)13-28;1-2;/h1,3,5-11,28H,4,12-14H2;1H;. The van der Waals surface area contributed by atoms with Gasteiger partial charge < -0.3 is 0 Å². The first-order valence-corrected chi connectivity index (χ1v) is 16.3. The number of carbonyl (C=O) groups excluding carboxylic acids is 2. The molecule has 1 unspecified atom stereocenters. The first-order valence-electron chi connectivity index (χ1n) is 10.5. The molecular weight excluding hydrogens is 571 g/mol. The van der Waals surface area contributed by atoms with Gasteiger partial charge in [-0.1, -0.05) is 0 Å². The Hall–Kier alpha value is -2.49. The number of carbonyl (C=O) groups is 2. The Labute approximate surface area is 206 Å². The van der Waals surface area contributed by atoms with Gasteiger partial charge in [0.25, 0.3) is 0 Å². The van der Waals surface area contributed by atoms with Crippen molar-refractivity contribution in [3.05, 3.63) is 92.4 Å². The van der Waals surface area contributed by atoms with Crippen molar-refractivity contribution in [1.29, 1.82) is 0 Å². The molecule has 34 heavy (non-hydrogen) atoms. The average molecular weight is 590 g/mol. The van der Waals surface area contributed by atoms with Gasteiger partial charge in [-0.2, -0.15) is 0 Å². The van der Waals surface area contributed by atoms with Crippen LogP contribution in [0.3, 0.4) is 0 Å². The van der Waals surface area contributed by atoms with Crippen molar-refractivity contribution in [2.45, 2.75) is 23.2 Å². The summed E-state index contributed by atoms with van der Waals surface area (Å²) in [5, 5.41) is 9.05. The predicted octanol–water partition coefficient (Wildman–Crippen LogP) is 2.37. The maximum atomic E-state index is 13.8. The summed E-state index contributed by atoms with van der Waals surface area (Å²) in [6, 6.07) is 10.2. The summed E-state index contributed by atoms with van der Waals surface area (Å²) >= 11 is 3.23. The topological polar surface area (TPSA) is 85.6 Å². The van der Waals surface area contributed by atoms with Gasteiger partial charge in [0.15, 0.2) is 0 Å². The third-order valence-electron chi connectivity index (χ3n) is 5.98. The number of aromatic nitrogens is 1. The van der Waals surface area contributed by atoms with Crippen LogP contribution in [0.1, 0.15) is 16.7 Å². The van der Waals surface area contributed by atoms with Crippen molar-refractivity contribution < 1.29 is 28.2 Å². The zero-order chi connectivity index (χ0) is 24.4. The van der Waals surface area contributed by atoms with E-state index in [-0.39, 0.29) is 38.9 Å². The molecule has 3 aromatic rings. The molecular formula is C24H19ClF2InNO5. The summed E-state index contributed by atoms with van der Waals surface area (Å²) in [5.41, 5.74) is 1.33. The summed E-state index contributed by atoms with van der Waals surface area (Å²) < 4.78 is 35.2. The number of hydrogen-bond acceptors (Lipinski definition) is 5. The third-order valence-corrected chi connectivity index (χ3v) is 15.0. The second-order valence-corrected chi connectivity index (χ2v) is 16.3. The van der Waals surface area contributed by atoms with Crippen LogP contribution in [0.25, 0.3) is 0 Å². The van der Waals surface area contributed by atoms with Crippen molar-refractivity contribution in [3.63, 3.8) is 0 Å². The van der Waals surface area contributed by atoms with E-state index in [0.29, 0.717) is 6.42 Å². The Morgan fingerprint density at radius 2 is 2.03 bits per heavy atom. The van der Waals surface area contributed by atoms with Crippen LogP contribution in [0, 0.1) is 11.6 Å². The summed E-state index contributed by atoms with van der Waals surface area (Å²) in [6.45, 7) is -0.584. The fraction of sp³-hybridized carbons (Fsp3) is 0.208. The van der Waals surface area contributed by atoms with Gasteiger partial charge in [-0.3, -0.25) is 0 Å². The van der Waals surface area contributed by atoms with E-state index < -0.39 is 45.2 Å². The zero-order valence-electron chi connectivity index (χ0n) is 17.8. The van der Waals surface area contributed by atoms with Crippen LogP contribution in [0.15, 0.2) is 53.5 Å². The Bertz CT molecular complexity index is 1330. The Kier molecular flexibility index (Phi) is 7.54. The van der Waals surface area contributed by atoms with Gasteiger partial charge in [0.05, 0.1) is 0 Å². The summed E-state index contributed by atoms with van der Waals surface area (Å²) in [6.07, 6.45) is 1.94. The molecule has 1 aromatic heterocycles. The maximum absolute atomic E-state index is 13.8. The van der Waals surface area contributed by atoms with Crippen molar-refractivity contribution in [3.8, 4) is 5.75 Å². The Balaban J connectivity index is 1.51. The number of pyridine rings is 1. The van der Waals surface area contributed by atoms with Crippen LogP contribution in [0.5, 0.6) is 5.75 Å². The molecule has 0 bridgehead atoms. The van der Waals surface area contributed by atoms with Crippen LogP contribution < -0.4 is 13.6 Å². The number of halogens is 3. The number of aliphatic hydroxyl groups is 1. The van der Waals surface area contributed by atoms with Gasteiger partial charge in [0.1, 0.15) is 11.6 Å². The molecule has 2 aromatic carbocycles. The van der Waals surface area contributed by atoms with Crippen LogP contribution in [0.4, 0.5) is 8.78 Å². The van der Waals surface area contributed by atoms with Gasteiger partial charge in [-0.25, -0.2) is 8.78 Å². The molecule has 10 heteroatoms. The number of fused-ring (bicyclic) bond motifs is 1. The van der Waals surface area contributed by atoms with Crippen LogP contribution >= 0.6 is 11.6 Å². The van der Waals surface area contributed by atoms with E-state index in [9.17, 15) is 28.3 Å². The molecule has 0 spiro atoms. The van der Waals surface area contributed by atoms with E-state index in [1.807, 2.05) is 18.2 Å². The molecule has 0 aliphatic carbocycles. The molecule has 6 nitrogen and oxygen atoms in total. The molecule has 2 heterocycles. The van der Waals surface area contributed by atoms with Crippen molar-refractivity contribution in [2.24, 2.45) is 0 Å². The zero-order valence-corrected chi connectivity index (χ0v) is 21.9. The number of hydrogen-bond donors (Lipinski definition) is 1. The Morgan fingerprint density at radius 1 is 1.24 bits per heavy atom. The summed E-state index contributed by atoms with van der Waals surface area (Å²) in [5.74, 6) is -1.67. The van der Waals surface area contributed by atoms with Gasteiger partial charge >= 0.3 is 168 Å². The fourth-order valence-corrected chi connectivity index (χ4v) is 12.2. The molecule has 174 valence electrons. The number of rotatable bonds is 8. The number of Topliss-reactive ketones (excluding diaryl/α,β-unsaturated/α-hetero) is 1. The molecule has 0 amide bonds. The molecule has 4 rings (SSSR count). The molecule has 1 N–H and O–H groups in total. The van der Waals surface area contributed by atoms with E-state index in [2.05, 4.69) is 0 Å². The minimum atomic E-state index is -2.97. The molecule has 0 fully saturated rings. The van der Waals surface area contributed by atoms with Gasteiger partial charge in [0, 0.05) is 6.07 Å². The van der Waals surface area contributed by atoms with E-state index in [4.69, 9.17) is 16.3 Å². The van der Waals surface area contributed by atoms with Crippen LogP contribution in [-0.4, -0.2) is 47.5 Å². The van der Waals surface area contributed by atoms with Gasteiger partial charge in [-0.05, 0) is 12.1 Å². The summed E-state index contributed by atoms with van der Waals surface area (Å²) in [7, 11) is 0. The monoisotopic (exact) mass is 589 g/mol. The number of nitrogens with zero attached hydrogens (tertiary/aromatic N) is 1. The molecule has 1 atom stereocenters.